The van der Waals surface area contributed by atoms with Gasteiger partial charge in [0.25, 0.3) is 10.0 Å². The van der Waals surface area contributed by atoms with E-state index in [0.29, 0.717) is 0 Å². The summed E-state index contributed by atoms with van der Waals surface area (Å²) in [6, 6.07) is 14.3. The van der Waals surface area contributed by atoms with Gasteiger partial charge < -0.3 is 4.42 Å². The van der Waals surface area contributed by atoms with Crippen molar-refractivity contribution >= 4 is 21.5 Å². The molecule has 0 aliphatic heterocycles. The first kappa shape index (κ1) is 15.0. The number of aromatic nitrogens is 1. The average Bonchev–Trinajstić information content (AvgIpc) is 3.10. The minimum atomic E-state index is -3.78. The summed E-state index contributed by atoms with van der Waals surface area (Å²) in [4.78, 5) is 16.3. The summed E-state index contributed by atoms with van der Waals surface area (Å²) in [6.07, 6.45) is 2.36. The zero-order valence-corrected chi connectivity index (χ0v) is 12.7. The van der Waals surface area contributed by atoms with Crippen molar-refractivity contribution in [3.05, 3.63) is 78.5 Å². The van der Waals surface area contributed by atoms with Crippen molar-refractivity contribution in [1.82, 2.24) is 4.98 Å². The van der Waals surface area contributed by atoms with Crippen molar-refractivity contribution in [2.75, 3.05) is 4.72 Å². The number of carbonyl (C=O) groups excluding carboxylic acids is 1. The Kier molecular flexibility index (Phi) is 3.94. The van der Waals surface area contributed by atoms with E-state index in [1.54, 1.807) is 30.3 Å². The van der Waals surface area contributed by atoms with Crippen molar-refractivity contribution in [3.8, 4) is 0 Å². The predicted octanol–water partition coefficient (Wildman–Crippen LogP) is 2.71. The fraction of sp³-hybridized carbons (Fsp3) is 0. The highest BCUT2D eigenvalue weighted by atomic mass is 32.2. The van der Waals surface area contributed by atoms with Crippen LogP contribution in [0.4, 0.5) is 5.69 Å². The third-order valence-corrected chi connectivity index (χ3v) is 4.52. The summed E-state index contributed by atoms with van der Waals surface area (Å²) in [7, 11) is -3.78. The van der Waals surface area contributed by atoms with Crippen LogP contribution in [0, 0.1) is 0 Å². The van der Waals surface area contributed by atoms with Gasteiger partial charge in [0.2, 0.25) is 5.78 Å². The molecule has 0 saturated heterocycles. The minimum absolute atomic E-state index is 0.108. The van der Waals surface area contributed by atoms with E-state index >= 15 is 0 Å². The van der Waals surface area contributed by atoms with Crippen LogP contribution in [0.25, 0.3) is 0 Å². The van der Waals surface area contributed by atoms with Crippen molar-refractivity contribution in [2.24, 2.45) is 0 Å². The highest BCUT2D eigenvalue weighted by molar-refractivity contribution is 7.92. The molecule has 0 aliphatic rings. The van der Waals surface area contributed by atoms with Crippen LogP contribution >= 0.6 is 0 Å². The van der Waals surface area contributed by atoms with Gasteiger partial charge in [-0.2, -0.15) is 0 Å². The average molecular weight is 328 g/mol. The van der Waals surface area contributed by atoms with Gasteiger partial charge in [-0.3, -0.25) is 9.52 Å². The summed E-state index contributed by atoms with van der Waals surface area (Å²) in [5.41, 5.74) is 0.488. The molecule has 0 aliphatic carbocycles. The Morgan fingerprint density at radius 1 is 1.00 bits per heavy atom. The maximum absolute atomic E-state index is 12.4. The Morgan fingerprint density at radius 3 is 2.39 bits per heavy atom. The van der Waals surface area contributed by atoms with Crippen LogP contribution in [-0.2, 0) is 10.0 Å². The number of hydrogen-bond acceptors (Lipinski definition) is 5. The Balaban J connectivity index is 1.97. The molecule has 23 heavy (non-hydrogen) atoms. The Morgan fingerprint density at radius 2 is 1.70 bits per heavy atom. The molecule has 0 spiro atoms. The second-order valence-electron chi connectivity index (χ2n) is 4.67. The molecule has 3 rings (SSSR count). The topological polar surface area (TPSA) is 89.3 Å². The van der Waals surface area contributed by atoms with Crippen LogP contribution in [-0.4, -0.2) is 19.2 Å². The molecule has 116 valence electrons. The fourth-order valence-corrected chi connectivity index (χ4v) is 3.14. The van der Waals surface area contributed by atoms with Crippen LogP contribution in [0.5, 0.6) is 0 Å². The predicted molar refractivity (Wildman–Crippen MR) is 83.6 cm³/mol. The number of benzene rings is 2. The smallest absolute Gasteiger partial charge is 0.261 e. The van der Waals surface area contributed by atoms with Gasteiger partial charge in [0, 0.05) is 5.56 Å². The summed E-state index contributed by atoms with van der Waals surface area (Å²) in [6.45, 7) is 0. The Labute approximate surface area is 132 Å². The zero-order chi connectivity index (χ0) is 16.3. The second-order valence-corrected chi connectivity index (χ2v) is 6.35. The maximum atomic E-state index is 12.4. The van der Waals surface area contributed by atoms with E-state index in [9.17, 15) is 13.2 Å². The quantitative estimate of drug-likeness (QED) is 0.727. The molecule has 0 unspecified atom stereocenters. The Bertz CT molecular complexity index is 920. The van der Waals surface area contributed by atoms with E-state index in [-0.39, 0.29) is 21.8 Å². The van der Waals surface area contributed by atoms with Gasteiger partial charge in [-0.15, -0.1) is 0 Å². The molecule has 2 aromatic carbocycles. The van der Waals surface area contributed by atoms with Crippen LogP contribution in [0.3, 0.4) is 0 Å². The molecule has 6 nitrogen and oxygen atoms in total. The zero-order valence-electron chi connectivity index (χ0n) is 11.8. The van der Waals surface area contributed by atoms with Gasteiger partial charge in [0.15, 0.2) is 6.39 Å². The van der Waals surface area contributed by atoms with Gasteiger partial charge in [-0.1, -0.05) is 30.3 Å². The number of ketones is 1. The molecule has 7 heteroatoms. The normalized spacial score (nSPS) is 11.1. The highest BCUT2D eigenvalue weighted by Crippen LogP contribution is 2.22. The van der Waals surface area contributed by atoms with E-state index in [1.165, 1.54) is 30.5 Å². The summed E-state index contributed by atoms with van der Waals surface area (Å²) in [5, 5.41) is 0. The number of para-hydroxylation sites is 1. The lowest BCUT2D eigenvalue weighted by Crippen LogP contribution is -2.16. The van der Waals surface area contributed by atoms with Crippen molar-refractivity contribution in [2.45, 2.75) is 4.90 Å². The molecule has 1 N–H and O–H groups in total. The van der Waals surface area contributed by atoms with E-state index in [1.807, 2.05) is 0 Å². The Hall–Kier alpha value is -2.93. The number of nitrogens with zero attached hydrogens (tertiary/aromatic N) is 1. The van der Waals surface area contributed by atoms with Gasteiger partial charge in [-0.25, -0.2) is 13.4 Å². The van der Waals surface area contributed by atoms with E-state index in [2.05, 4.69) is 9.71 Å². The van der Waals surface area contributed by atoms with Crippen molar-refractivity contribution in [1.29, 1.82) is 0 Å². The molecule has 0 atom stereocenters. The van der Waals surface area contributed by atoms with Crippen molar-refractivity contribution < 1.29 is 17.6 Å². The molecule has 0 amide bonds. The number of anilines is 1. The molecular formula is C16H12N2O4S. The first-order valence-electron chi connectivity index (χ1n) is 6.68. The molecule has 3 aromatic rings. The third-order valence-electron chi connectivity index (χ3n) is 3.13. The number of nitrogens with one attached hydrogen (secondary N) is 1. The van der Waals surface area contributed by atoms with Crippen LogP contribution in [0.15, 0.2) is 76.6 Å². The van der Waals surface area contributed by atoms with Gasteiger partial charge >= 0.3 is 0 Å². The molecule has 0 radical (unpaired) electrons. The van der Waals surface area contributed by atoms with Gasteiger partial charge in [-0.05, 0) is 24.3 Å². The molecule has 0 bridgehead atoms. The van der Waals surface area contributed by atoms with Gasteiger partial charge in [0.1, 0.15) is 12.0 Å². The minimum Gasteiger partial charge on any atom is -0.451 e. The van der Waals surface area contributed by atoms with Crippen LogP contribution in [0.1, 0.15) is 16.1 Å². The summed E-state index contributed by atoms with van der Waals surface area (Å²) < 4.78 is 32.0. The fourth-order valence-electron chi connectivity index (χ4n) is 2.04. The van der Waals surface area contributed by atoms with E-state index in [4.69, 9.17) is 4.42 Å². The SMILES string of the molecule is O=C(c1cocn1)c1ccccc1NS(=O)(=O)c1ccccc1. The van der Waals surface area contributed by atoms with Crippen molar-refractivity contribution in [3.63, 3.8) is 0 Å². The lowest BCUT2D eigenvalue weighted by molar-refractivity contribution is 0.103. The molecule has 0 saturated carbocycles. The highest BCUT2D eigenvalue weighted by Gasteiger charge is 2.20. The molecular weight excluding hydrogens is 316 g/mol. The number of oxazole rings is 1. The first-order valence-corrected chi connectivity index (χ1v) is 8.16. The largest absolute Gasteiger partial charge is 0.451 e. The number of sulfonamides is 1. The monoisotopic (exact) mass is 328 g/mol. The maximum Gasteiger partial charge on any atom is 0.261 e. The lowest BCUT2D eigenvalue weighted by Gasteiger charge is -2.11. The standard InChI is InChI=1S/C16H12N2O4S/c19-16(15-10-22-11-17-15)13-8-4-5-9-14(13)18-23(20,21)12-6-2-1-3-7-12/h1-11,18H. The van der Waals surface area contributed by atoms with Crippen LogP contribution < -0.4 is 4.72 Å². The van der Waals surface area contributed by atoms with E-state index in [0.717, 1.165) is 6.39 Å². The summed E-state index contributed by atoms with van der Waals surface area (Å²) >= 11 is 0. The molecule has 1 heterocycles. The second kappa shape index (κ2) is 6.05. The number of rotatable bonds is 5. The van der Waals surface area contributed by atoms with E-state index < -0.39 is 15.8 Å². The molecule has 0 fully saturated rings. The molecule has 1 aromatic heterocycles. The lowest BCUT2D eigenvalue weighted by atomic mass is 10.1. The van der Waals surface area contributed by atoms with Gasteiger partial charge in [0.05, 0.1) is 10.6 Å². The summed E-state index contributed by atoms with van der Waals surface area (Å²) in [5.74, 6) is -0.426. The number of hydrogen-bond donors (Lipinski definition) is 1. The first-order chi connectivity index (χ1) is 11.1. The van der Waals surface area contributed by atoms with Crippen LogP contribution in [0.2, 0.25) is 0 Å². The number of carbonyl (C=O) groups is 1. The third kappa shape index (κ3) is 3.14.